The minimum Gasteiger partial charge on any atom is -0.508 e. The molecule has 1 aliphatic carbocycles. The van der Waals surface area contributed by atoms with Gasteiger partial charge in [-0.25, -0.2) is 0 Å². The van der Waals surface area contributed by atoms with Crippen LogP contribution in [0.4, 0.5) is 0 Å². The average Bonchev–Trinajstić information content (AvgIpc) is 2.71. The normalized spacial score (nSPS) is 27.1. The number of aromatic hydroxyl groups is 1. The molecule has 0 spiro atoms. The van der Waals surface area contributed by atoms with Crippen LogP contribution in [0.25, 0.3) is 0 Å². The van der Waals surface area contributed by atoms with Crippen LogP contribution in [0.15, 0.2) is 24.3 Å². The number of nitrogens with one attached hydrogen (secondary N) is 1. The van der Waals surface area contributed by atoms with Crippen LogP contribution in [-0.2, 0) is 0 Å². The summed E-state index contributed by atoms with van der Waals surface area (Å²) in [6.45, 7) is 4.44. The Bertz CT molecular complexity index is 413. The molecule has 0 aliphatic heterocycles. The third-order valence-corrected chi connectivity index (χ3v) is 4.20. The standard InChI is InChI=1S/C15H21NO2/c1-3-11-6-9-14(10(11)2)16-15(18)12-4-7-13(17)8-5-12/h4-5,7-8,10-11,14,17H,3,6,9H2,1-2H3,(H,16,18). The van der Waals surface area contributed by atoms with Crippen molar-refractivity contribution in [1.29, 1.82) is 0 Å². The molecule has 1 aromatic carbocycles. The predicted octanol–water partition coefficient (Wildman–Crippen LogP) is 2.95. The highest BCUT2D eigenvalue weighted by Gasteiger charge is 2.32. The Labute approximate surface area is 108 Å². The van der Waals surface area contributed by atoms with Gasteiger partial charge in [-0.3, -0.25) is 4.79 Å². The molecule has 2 N–H and O–H groups in total. The molecule has 1 aromatic rings. The zero-order valence-corrected chi connectivity index (χ0v) is 11.0. The van der Waals surface area contributed by atoms with Crippen LogP contribution in [-0.4, -0.2) is 17.1 Å². The highest BCUT2D eigenvalue weighted by Crippen LogP contribution is 2.33. The molecule has 0 radical (unpaired) electrons. The monoisotopic (exact) mass is 247 g/mol. The van der Waals surface area contributed by atoms with E-state index in [0.29, 0.717) is 11.5 Å². The second-order valence-electron chi connectivity index (χ2n) is 5.23. The van der Waals surface area contributed by atoms with Crippen LogP contribution >= 0.6 is 0 Å². The number of phenolic OH excluding ortho intramolecular Hbond substituents is 1. The van der Waals surface area contributed by atoms with Gasteiger partial charge in [0.2, 0.25) is 0 Å². The van der Waals surface area contributed by atoms with Gasteiger partial charge in [-0.1, -0.05) is 20.3 Å². The summed E-state index contributed by atoms with van der Waals surface area (Å²) in [5.41, 5.74) is 0.611. The van der Waals surface area contributed by atoms with E-state index in [-0.39, 0.29) is 17.7 Å². The van der Waals surface area contributed by atoms with E-state index in [1.54, 1.807) is 24.3 Å². The lowest BCUT2D eigenvalue weighted by Crippen LogP contribution is -2.37. The van der Waals surface area contributed by atoms with Crippen molar-refractivity contribution in [2.24, 2.45) is 11.8 Å². The molecule has 1 aliphatic rings. The SMILES string of the molecule is CCC1CCC(NC(=O)c2ccc(O)cc2)C1C. The summed E-state index contributed by atoms with van der Waals surface area (Å²) in [5.74, 6) is 1.43. The van der Waals surface area contributed by atoms with E-state index < -0.39 is 0 Å². The van der Waals surface area contributed by atoms with Crippen LogP contribution in [0.5, 0.6) is 5.75 Å². The first-order valence-electron chi connectivity index (χ1n) is 6.71. The number of rotatable bonds is 3. The molecule has 1 saturated carbocycles. The van der Waals surface area contributed by atoms with Crippen molar-refractivity contribution < 1.29 is 9.90 Å². The van der Waals surface area contributed by atoms with Crippen molar-refractivity contribution in [1.82, 2.24) is 5.32 Å². The van der Waals surface area contributed by atoms with Gasteiger partial charge in [0.05, 0.1) is 0 Å². The van der Waals surface area contributed by atoms with Gasteiger partial charge in [-0.2, -0.15) is 0 Å². The fourth-order valence-corrected chi connectivity index (χ4v) is 2.89. The molecule has 18 heavy (non-hydrogen) atoms. The number of amides is 1. The molecule has 98 valence electrons. The summed E-state index contributed by atoms with van der Waals surface area (Å²) in [7, 11) is 0. The number of phenols is 1. The minimum absolute atomic E-state index is 0.0383. The number of benzene rings is 1. The van der Waals surface area contributed by atoms with Crippen LogP contribution in [0.2, 0.25) is 0 Å². The summed E-state index contributed by atoms with van der Waals surface area (Å²) < 4.78 is 0. The first-order chi connectivity index (χ1) is 8.61. The van der Waals surface area contributed by atoms with Gasteiger partial charge in [0, 0.05) is 11.6 Å². The molecule has 3 unspecified atom stereocenters. The topological polar surface area (TPSA) is 49.3 Å². The van der Waals surface area contributed by atoms with Crippen LogP contribution < -0.4 is 5.32 Å². The molecule has 0 aromatic heterocycles. The first kappa shape index (κ1) is 12.9. The largest absolute Gasteiger partial charge is 0.508 e. The molecule has 0 saturated heterocycles. The minimum atomic E-state index is -0.0383. The molecule has 3 heteroatoms. The van der Waals surface area contributed by atoms with Crippen LogP contribution in [0, 0.1) is 11.8 Å². The van der Waals surface area contributed by atoms with Gasteiger partial charge in [0.15, 0.2) is 0 Å². The summed E-state index contributed by atoms with van der Waals surface area (Å²) in [4.78, 5) is 12.1. The molecular formula is C15H21NO2. The Hall–Kier alpha value is -1.51. The zero-order chi connectivity index (χ0) is 13.1. The van der Waals surface area contributed by atoms with Gasteiger partial charge >= 0.3 is 0 Å². The highest BCUT2D eigenvalue weighted by molar-refractivity contribution is 5.94. The van der Waals surface area contributed by atoms with Gasteiger partial charge in [-0.05, 0) is 48.9 Å². The second kappa shape index (κ2) is 5.42. The molecule has 3 nitrogen and oxygen atoms in total. The Morgan fingerprint density at radius 3 is 2.56 bits per heavy atom. The zero-order valence-electron chi connectivity index (χ0n) is 11.0. The maximum absolute atomic E-state index is 12.1. The van der Waals surface area contributed by atoms with Gasteiger partial charge < -0.3 is 10.4 Å². The Morgan fingerprint density at radius 2 is 2.00 bits per heavy atom. The Kier molecular flexibility index (Phi) is 3.90. The van der Waals surface area contributed by atoms with E-state index in [1.807, 2.05) is 0 Å². The van der Waals surface area contributed by atoms with Crippen LogP contribution in [0.3, 0.4) is 0 Å². The van der Waals surface area contributed by atoms with Gasteiger partial charge in [0.1, 0.15) is 5.75 Å². The molecule has 3 atom stereocenters. The number of hydrogen-bond donors (Lipinski definition) is 2. The van der Waals surface area contributed by atoms with Gasteiger partial charge in [0.25, 0.3) is 5.91 Å². The third kappa shape index (κ3) is 2.66. The summed E-state index contributed by atoms with van der Waals surface area (Å²) >= 11 is 0. The quantitative estimate of drug-likeness (QED) is 0.862. The highest BCUT2D eigenvalue weighted by atomic mass is 16.3. The molecule has 1 fully saturated rings. The maximum Gasteiger partial charge on any atom is 0.251 e. The molecule has 1 amide bonds. The van der Waals surface area contributed by atoms with Crippen LogP contribution in [0.1, 0.15) is 43.5 Å². The van der Waals surface area contributed by atoms with E-state index in [4.69, 9.17) is 0 Å². The number of carbonyl (C=O) groups is 1. The molecule has 2 rings (SSSR count). The summed E-state index contributed by atoms with van der Waals surface area (Å²) in [5, 5.41) is 12.3. The molecule has 0 heterocycles. The molecular weight excluding hydrogens is 226 g/mol. The van der Waals surface area contributed by atoms with Crippen molar-refractivity contribution in [3.05, 3.63) is 29.8 Å². The van der Waals surface area contributed by atoms with E-state index in [0.717, 1.165) is 12.3 Å². The number of hydrogen-bond acceptors (Lipinski definition) is 2. The van der Waals surface area contributed by atoms with E-state index in [2.05, 4.69) is 19.2 Å². The maximum atomic E-state index is 12.1. The Morgan fingerprint density at radius 1 is 1.33 bits per heavy atom. The first-order valence-corrected chi connectivity index (χ1v) is 6.71. The Balaban J connectivity index is 1.98. The summed E-state index contributed by atoms with van der Waals surface area (Å²) in [6.07, 6.45) is 3.47. The fraction of sp³-hybridized carbons (Fsp3) is 0.533. The fourth-order valence-electron chi connectivity index (χ4n) is 2.89. The third-order valence-electron chi connectivity index (χ3n) is 4.20. The lowest BCUT2D eigenvalue weighted by Gasteiger charge is -2.21. The van der Waals surface area contributed by atoms with Crippen molar-refractivity contribution in [3.8, 4) is 5.75 Å². The number of carbonyl (C=O) groups excluding carboxylic acids is 1. The molecule has 0 bridgehead atoms. The van der Waals surface area contributed by atoms with Crippen molar-refractivity contribution in [3.63, 3.8) is 0 Å². The lowest BCUT2D eigenvalue weighted by atomic mass is 9.93. The second-order valence-corrected chi connectivity index (χ2v) is 5.23. The lowest BCUT2D eigenvalue weighted by molar-refractivity contribution is 0.0926. The van der Waals surface area contributed by atoms with Gasteiger partial charge in [-0.15, -0.1) is 0 Å². The predicted molar refractivity (Wildman–Crippen MR) is 71.5 cm³/mol. The van der Waals surface area contributed by atoms with Crippen molar-refractivity contribution in [2.45, 2.75) is 39.2 Å². The van der Waals surface area contributed by atoms with Crippen molar-refractivity contribution in [2.75, 3.05) is 0 Å². The van der Waals surface area contributed by atoms with E-state index >= 15 is 0 Å². The average molecular weight is 247 g/mol. The smallest absolute Gasteiger partial charge is 0.251 e. The van der Waals surface area contributed by atoms with E-state index in [9.17, 15) is 9.90 Å². The van der Waals surface area contributed by atoms with Crippen molar-refractivity contribution >= 4 is 5.91 Å². The van der Waals surface area contributed by atoms with E-state index in [1.165, 1.54) is 12.8 Å². The summed E-state index contributed by atoms with van der Waals surface area (Å²) in [6, 6.07) is 6.68.